The number of aliphatic hydroxyl groups is 1. The lowest BCUT2D eigenvalue weighted by Crippen LogP contribution is -2.34. The van der Waals surface area contributed by atoms with Crippen LogP contribution in [0.25, 0.3) is 0 Å². The van der Waals surface area contributed by atoms with Crippen LogP contribution in [0.2, 0.25) is 0 Å². The molecule has 0 rings (SSSR count). The first-order chi connectivity index (χ1) is 13.6. The molecule has 0 fully saturated rings. The third-order valence-corrected chi connectivity index (χ3v) is 4.88. The first-order valence-corrected chi connectivity index (χ1v) is 11.2. The number of aliphatic hydroxyl groups excluding tert-OH is 1. The number of carboxylic acid groups (broad SMARTS) is 1. The number of carbonyl (C=O) groups is 2. The zero-order valence-electron chi connectivity index (χ0n) is 17.8. The molecule has 1 atom stereocenters. The summed E-state index contributed by atoms with van der Waals surface area (Å²) in [5, 5.41) is 19.2. The Hall–Kier alpha value is -1.30. The Morgan fingerprint density at radius 2 is 1.21 bits per heavy atom. The molecule has 0 heterocycles. The van der Waals surface area contributed by atoms with Gasteiger partial charge in [-0.25, -0.2) is 0 Å². The zero-order valence-corrected chi connectivity index (χ0v) is 17.8. The van der Waals surface area contributed by atoms with Gasteiger partial charge in [0.2, 0.25) is 0 Å². The number of ether oxygens (including phenoxy) is 2. The molecule has 6 heteroatoms. The maximum absolute atomic E-state index is 11.6. The van der Waals surface area contributed by atoms with E-state index in [2.05, 4.69) is 11.7 Å². The van der Waals surface area contributed by atoms with Gasteiger partial charge in [-0.15, -0.1) is 0 Å². The molecule has 1 N–H and O–H groups in total. The second-order valence-electron chi connectivity index (χ2n) is 7.56. The Labute approximate surface area is 171 Å². The van der Waals surface area contributed by atoms with Gasteiger partial charge in [0.15, 0.2) is 0 Å². The van der Waals surface area contributed by atoms with E-state index in [1.54, 1.807) is 0 Å². The predicted molar refractivity (Wildman–Crippen MR) is 108 cm³/mol. The third kappa shape index (κ3) is 19.5. The lowest BCUT2D eigenvalue weighted by Gasteiger charge is -2.19. The summed E-state index contributed by atoms with van der Waals surface area (Å²) in [5.41, 5.74) is 0. The fourth-order valence-corrected chi connectivity index (χ4v) is 3.16. The van der Waals surface area contributed by atoms with Crippen LogP contribution >= 0.6 is 0 Å². The van der Waals surface area contributed by atoms with Crippen molar-refractivity contribution in [2.75, 3.05) is 13.2 Å². The summed E-state index contributed by atoms with van der Waals surface area (Å²) in [6.45, 7) is 1.44. The largest absolute Gasteiger partial charge is 0.540 e. The van der Waals surface area contributed by atoms with Gasteiger partial charge in [0.05, 0.1) is 12.7 Å². The molecule has 0 aromatic carbocycles. The molecule has 0 spiro atoms. The van der Waals surface area contributed by atoms with Crippen LogP contribution in [0.15, 0.2) is 0 Å². The molecule has 28 heavy (non-hydrogen) atoms. The van der Waals surface area contributed by atoms with Crippen LogP contribution in [-0.2, 0) is 14.3 Å². The number of rotatable bonds is 20. The van der Waals surface area contributed by atoms with Gasteiger partial charge in [0.25, 0.3) is 6.16 Å². The second kappa shape index (κ2) is 20.4. The van der Waals surface area contributed by atoms with Gasteiger partial charge >= 0.3 is 5.97 Å². The van der Waals surface area contributed by atoms with Crippen molar-refractivity contribution in [2.24, 2.45) is 0 Å². The number of esters is 1. The highest BCUT2D eigenvalue weighted by atomic mass is 16.7. The van der Waals surface area contributed by atoms with E-state index in [0.29, 0.717) is 6.42 Å². The maximum Gasteiger partial charge on any atom is 0.305 e. The molecule has 0 amide bonds. The predicted octanol–water partition coefficient (Wildman–Crippen LogP) is 4.51. The van der Waals surface area contributed by atoms with E-state index in [4.69, 9.17) is 9.84 Å². The van der Waals surface area contributed by atoms with Crippen molar-refractivity contribution in [3.05, 3.63) is 0 Å². The summed E-state index contributed by atoms with van der Waals surface area (Å²) in [6.07, 6.45) is 16.5. The van der Waals surface area contributed by atoms with E-state index in [1.165, 1.54) is 77.0 Å². The molecule has 0 aliphatic carbocycles. The molecule has 166 valence electrons. The summed E-state index contributed by atoms with van der Waals surface area (Å²) in [6, 6.07) is 0. The molecule has 0 aromatic heterocycles. The molecule has 0 saturated carbocycles. The SMILES string of the molecule is CCCCCCCCCCCCCCCCCC(=O)OCC(CO)OC(=O)[O-]. The van der Waals surface area contributed by atoms with Gasteiger partial charge in [-0.05, 0) is 6.42 Å². The first kappa shape index (κ1) is 26.7. The Morgan fingerprint density at radius 3 is 1.61 bits per heavy atom. The van der Waals surface area contributed by atoms with Crippen molar-refractivity contribution in [1.82, 2.24) is 0 Å². The van der Waals surface area contributed by atoms with Crippen LogP contribution in [0.1, 0.15) is 110 Å². The van der Waals surface area contributed by atoms with E-state index in [0.717, 1.165) is 19.3 Å². The van der Waals surface area contributed by atoms with Gasteiger partial charge in [-0.3, -0.25) is 4.79 Å². The van der Waals surface area contributed by atoms with E-state index < -0.39 is 24.8 Å². The molecule has 6 nitrogen and oxygen atoms in total. The summed E-state index contributed by atoms with van der Waals surface area (Å²) in [4.78, 5) is 21.8. The second-order valence-corrected chi connectivity index (χ2v) is 7.56. The highest BCUT2D eigenvalue weighted by Gasteiger charge is 2.10. The number of unbranched alkanes of at least 4 members (excludes halogenated alkanes) is 14. The minimum atomic E-state index is -1.74. The number of hydrogen-bond acceptors (Lipinski definition) is 6. The standard InChI is InChI=1S/C22H42O6/c1-2-3-4-5-6-7-8-9-10-11-12-13-14-15-16-17-21(24)27-19-20(18-23)28-22(25)26/h20,23H,2-19H2,1H3,(H,25,26)/p-1. The Morgan fingerprint density at radius 1 is 0.786 bits per heavy atom. The van der Waals surface area contributed by atoms with Crippen molar-refractivity contribution in [3.8, 4) is 0 Å². The van der Waals surface area contributed by atoms with Crippen molar-refractivity contribution in [2.45, 2.75) is 116 Å². The summed E-state index contributed by atoms with van der Waals surface area (Å²) in [7, 11) is 0. The fourth-order valence-electron chi connectivity index (χ4n) is 3.16. The Kier molecular flexibility index (Phi) is 19.5. The summed E-state index contributed by atoms with van der Waals surface area (Å²) >= 11 is 0. The number of carbonyl (C=O) groups excluding carboxylic acids is 2. The van der Waals surface area contributed by atoms with Gasteiger partial charge in [0.1, 0.15) is 6.61 Å². The van der Waals surface area contributed by atoms with Gasteiger partial charge in [-0.2, -0.15) is 0 Å². The van der Waals surface area contributed by atoms with Crippen LogP contribution in [-0.4, -0.2) is 36.5 Å². The van der Waals surface area contributed by atoms with E-state index in [1.807, 2.05) is 0 Å². The number of hydrogen-bond donors (Lipinski definition) is 1. The lowest BCUT2D eigenvalue weighted by atomic mass is 10.0. The monoisotopic (exact) mass is 401 g/mol. The molecule has 0 bridgehead atoms. The summed E-state index contributed by atoms with van der Waals surface area (Å²) < 4.78 is 9.16. The highest BCUT2D eigenvalue weighted by Crippen LogP contribution is 2.13. The first-order valence-electron chi connectivity index (χ1n) is 11.2. The Balaban J connectivity index is 3.30. The summed E-state index contributed by atoms with van der Waals surface area (Å²) in [5.74, 6) is -0.393. The molecular weight excluding hydrogens is 360 g/mol. The molecule has 0 saturated heterocycles. The van der Waals surface area contributed by atoms with E-state index in [-0.39, 0.29) is 6.61 Å². The zero-order chi connectivity index (χ0) is 20.9. The topological polar surface area (TPSA) is 95.9 Å². The molecular formula is C22H41O6-. The van der Waals surface area contributed by atoms with Crippen LogP contribution in [0, 0.1) is 0 Å². The van der Waals surface area contributed by atoms with Crippen LogP contribution < -0.4 is 5.11 Å². The quantitative estimate of drug-likeness (QED) is 0.238. The molecule has 0 radical (unpaired) electrons. The van der Waals surface area contributed by atoms with Crippen molar-refractivity contribution in [3.63, 3.8) is 0 Å². The van der Waals surface area contributed by atoms with Gasteiger partial charge < -0.3 is 24.5 Å². The van der Waals surface area contributed by atoms with Crippen LogP contribution in [0.4, 0.5) is 4.79 Å². The normalized spacial score (nSPS) is 11.9. The van der Waals surface area contributed by atoms with E-state index >= 15 is 0 Å². The minimum Gasteiger partial charge on any atom is -0.540 e. The molecule has 1 unspecified atom stereocenters. The van der Waals surface area contributed by atoms with Crippen molar-refractivity contribution >= 4 is 12.1 Å². The van der Waals surface area contributed by atoms with Crippen LogP contribution in [0.5, 0.6) is 0 Å². The average molecular weight is 402 g/mol. The fraction of sp³-hybridized carbons (Fsp3) is 0.909. The minimum absolute atomic E-state index is 0.276. The van der Waals surface area contributed by atoms with Crippen molar-refractivity contribution in [1.29, 1.82) is 0 Å². The third-order valence-electron chi connectivity index (χ3n) is 4.88. The maximum atomic E-state index is 11.6. The lowest BCUT2D eigenvalue weighted by molar-refractivity contribution is -0.290. The van der Waals surface area contributed by atoms with Crippen LogP contribution in [0.3, 0.4) is 0 Å². The smallest absolute Gasteiger partial charge is 0.305 e. The molecule has 0 aliphatic heterocycles. The van der Waals surface area contributed by atoms with Gasteiger partial charge in [-0.1, -0.05) is 96.8 Å². The highest BCUT2D eigenvalue weighted by molar-refractivity contribution is 5.69. The Bertz CT molecular complexity index is 372. The van der Waals surface area contributed by atoms with Crippen molar-refractivity contribution < 1.29 is 29.3 Å². The van der Waals surface area contributed by atoms with Gasteiger partial charge in [0, 0.05) is 6.42 Å². The molecule has 0 aromatic rings. The average Bonchev–Trinajstić information content (AvgIpc) is 2.67. The van der Waals surface area contributed by atoms with E-state index in [9.17, 15) is 14.7 Å². The molecule has 0 aliphatic rings.